The fourth-order valence-corrected chi connectivity index (χ4v) is 1.49. The first kappa shape index (κ1) is 12.5. The van der Waals surface area contributed by atoms with E-state index in [4.69, 9.17) is 5.11 Å². The van der Waals surface area contributed by atoms with Crippen molar-refractivity contribution in [2.24, 2.45) is 0 Å². The van der Waals surface area contributed by atoms with Crippen LogP contribution in [-0.4, -0.2) is 17.0 Å². The Balaban J connectivity index is 2.16. The van der Waals surface area contributed by atoms with Gasteiger partial charge in [0.2, 0.25) is 5.91 Å². The molecule has 0 heterocycles. The first-order chi connectivity index (χ1) is 7.68. The van der Waals surface area contributed by atoms with Crippen LogP contribution in [0.3, 0.4) is 0 Å². The fourth-order valence-electron chi connectivity index (χ4n) is 0.913. The Morgan fingerprint density at radius 3 is 2.50 bits per heavy atom. The van der Waals surface area contributed by atoms with Crippen LogP contribution in [0.15, 0.2) is 35.2 Å². The van der Waals surface area contributed by atoms with E-state index in [-0.39, 0.29) is 18.7 Å². The third kappa shape index (κ3) is 5.38. The van der Waals surface area contributed by atoms with Crippen LogP contribution in [0.25, 0.3) is 0 Å². The van der Waals surface area contributed by atoms with Gasteiger partial charge in [0.25, 0.3) is 0 Å². The Labute approximate surface area is 97.3 Å². The molecule has 1 aromatic rings. The van der Waals surface area contributed by atoms with Gasteiger partial charge in [0.15, 0.2) is 0 Å². The maximum Gasteiger partial charge on any atom is 0.303 e. The van der Waals surface area contributed by atoms with Crippen molar-refractivity contribution in [1.82, 2.24) is 10.3 Å². The van der Waals surface area contributed by atoms with Crippen molar-refractivity contribution in [1.29, 1.82) is 0 Å². The molecule has 0 aliphatic heterocycles. The van der Waals surface area contributed by atoms with Gasteiger partial charge in [0.1, 0.15) is 0 Å². The number of hydrazine groups is 1. The average molecular weight is 240 g/mol. The number of hydrogen-bond donors (Lipinski definition) is 3. The highest BCUT2D eigenvalue weighted by Gasteiger charge is 2.04. The van der Waals surface area contributed by atoms with Crippen LogP contribution >= 0.6 is 11.9 Å². The molecule has 86 valence electrons. The topological polar surface area (TPSA) is 78.4 Å². The van der Waals surface area contributed by atoms with Gasteiger partial charge in [0, 0.05) is 11.3 Å². The second kappa shape index (κ2) is 6.86. The quantitative estimate of drug-likeness (QED) is 0.514. The third-order valence-electron chi connectivity index (χ3n) is 1.67. The van der Waals surface area contributed by atoms with Crippen LogP contribution in [0, 0.1) is 0 Å². The molecule has 0 aliphatic rings. The maximum atomic E-state index is 11.1. The number of benzene rings is 1. The molecule has 5 nitrogen and oxygen atoms in total. The molecule has 1 amide bonds. The standard InChI is InChI=1S/C10H12N2O3S/c13-9(6-7-10(14)15)11-12-16-8-4-2-1-3-5-8/h1-5,12H,6-7H2,(H,11,13)(H,14,15). The van der Waals surface area contributed by atoms with E-state index in [1.54, 1.807) is 0 Å². The van der Waals surface area contributed by atoms with E-state index in [0.29, 0.717) is 0 Å². The Kier molecular flexibility index (Phi) is 5.38. The molecular weight excluding hydrogens is 228 g/mol. The number of nitrogens with one attached hydrogen (secondary N) is 2. The molecule has 0 unspecified atom stereocenters. The van der Waals surface area contributed by atoms with Crippen molar-refractivity contribution in [3.63, 3.8) is 0 Å². The summed E-state index contributed by atoms with van der Waals surface area (Å²) in [6.45, 7) is 0. The van der Waals surface area contributed by atoms with Gasteiger partial charge in [-0.15, -0.1) is 0 Å². The Bertz CT molecular complexity index is 356. The number of carbonyl (C=O) groups excluding carboxylic acids is 1. The highest BCUT2D eigenvalue weighted by molar-refractivity contribution is 7.97. The molecule has 0 spiro atoms. The lowest BCUT2D eigenvalue weighted by Gasteiger charge is -2.05. The Morgan fingerprint density at radius 1 is 1.19 bits per heavy atom. The molecule has 0 bridgehead atoms. The van der Waals surface area contributed by atoms with Gasteiger partial charge >= 0.3 is 5.97 Å². The number of carboxylic acids is 1. The molecule has 6 heteroatoms. The zero-order valence-electron chi connectivity index (χ0n) is 8.47. The first-order valence-corrected chi connectivity index (χ1v) is 5.47. The lowest BCUT2D eigenvalue weighted by atomic mass is 10.3. The zero-order chi connectivity index (χ0) is 11.8. The SMILES string of the molecule is O=C(O)CCC(=O)NNSc1ccccc1. The molecule has 1 rings (SSSR count). The Morgan fingerprint density at radius 2 is 1.88 bits per heavy atom. The van der Waals surface area contributed by atoms with Crippen molar-refractivity contribution in [3.05, 3.63) is 30.3 Å². The second-order valence-electron chi connectivity index (χ2n) is 2.96. The van der Waals surface area contributed by atoms with E-state index in [1.165, 1.54) is 11.9 Å². The lowest BCUT2D eigenvalue weighted by molar-refractivity contribution is -0.138. The molecule has 16 heavy (non-hydrogen) atoms. The van der Waals surface area contributed by atoms with Gasteiger partial charge < -0.3 is 5.11 Å². The van der Waals surface area contributed by atoms with Crippen molar-refractivity contribution >= 4 is 23.8 Å². The largest absolute Gasteiger partial charge is 0.481 e. The summed E-state index contributed by atoms with van der Waals surface area (Å²) in [5.74, 6) is -1.32. The van der Waals surface area contributed by atoms with Gasteiger partial charge in [-0.25, -0.2) is 0 Å². The van der Waals surface area contributed by atoms with E-state index in [2.05, 4.69) is 10.3 Å². The third-order valence-corrected chi connectivity index (χ3v) is 2.38. The molecule has 0 aromatic heterocycles. The number of hydrogen-bond acceptors (Lipinski definition) is 4. The fraction of sp³-hybridized carbons (Fsp3) is 0.200. The van der Waals surface area contributed by atoms with Crippen LogP contribution in [0.2, 0.25) is 0 Å². The summed E-state index contributed by atoms with van der Waals surface area (Å²) in [4.78, 5) is 24.9. The van der Waals surface area contributed by atoms with E-state index in [9.17, 15) is 9.59 Å². The number of aliphatic carboxylic acids is 1. The average Bonchev–Trinajstić information content (AvgIpc) is 2.28. The summed E-state index contributed by atoms with van der Waals surface area (Å²) in [7, 11) is 0. The van der Waals surface area contributed by atoms with E-state index in [0.717, 1.165) is 4.90 Å². The van der Waals surface area contributed by atoms with Crippen molar-refractivity contribution in [2.45, 2.75) is 17.7 Å². The highest BCUT2D eigenvalue weighted by Crippen LogP contribution is 2.11. The van der Waals surface area contributed by atoms with Crippen molar-refractivity contribution in [2.75, 3.05) is 0 Å². The molecular formula is C10H12N2O3S. The van der Waals surface area contributed by atoms with Crippen LogP contribution < -0.4 is 10.3 Å². The summed E-state index contributed by atoms with van der Waals surface area (Å²) in [5, 5.41) is 8.36. The normalized spacial score (nSPS) is 9.75. The zero-order valence-corrected chi connectivity index (χ0v) is 9.29. The highest BCUT2D eigenvalue weighted by atomic mass is 32.2. The predicted molar refractivity (Wildman–Crippen MR) is 60.4 cm³/mol. The van der Waals surface area contributed by atoms with E-state index < -0.39 is 5.97 Å². The monoisotopic (exact) mass is 240 g/mol. The molecule has 0 fully saturated rings. The number of carboxylic acid groups (broad SMARTS) is 1. The molecule has 0 saturated heterocycles. The minimum Gasteiger partial charge on any atom is -0.481 e. The summed E-state index contributed by atoms with van der Waals surface area (Å²) in [6.07, 6.45) is -0.193. The van der Waals surface area contributed by atoms with Gasteiger partial charge in [-0.2, -0.15) is 4.83 Å². The molecule has 0 saturated carbocycles. The summed E-state index contributed by atoms with van der Waals surface area (Å²) in [5.41, 5.74) is 2.40. The van der Waals surface area contributed by atoms with Crippen molar-refractivity contribution < 1.29 is 14.7 Å². The minimum atomic E-state index is -0.981. The van der Waals surface area contributed by atoms with Gasteiger partial charge in [-0.05, 0) is 24.1 Å². The summed E-state index contributed by atoms with van der Waals surface area (Å²) in [6, 6.07) is 9.45. The Hall–Kier alpha value is -1.53. The minimum absolute atomic E-state index is 0.0301. The molecule has 1 aromatic carbocycles. The molecule has 3 N–H and O–H groups in total. The lowest BCUT2D eigenvalue weighted by Crippen LogP contribution is -2.32. The first-order valence-electron chi connectivity index (χ1n) is 4.66. The van der Waals surface area contributed by atoms with Crippen LogP contribution in [0.5, 0.6) is 0 Å². The predicted octanol–water partition coefficient (Wildman–Crippen LogP) is 1.18. The van der Waals surface area contributed by atoms with Crippen LogP contribution in [0.1, 0.15) is 12.8 Å². The number of amides is 1. The van der Waals surface area contributed by atoms with E-state index in [1.807, 2.05) is 30.3 Å². The maximum absolute atomic E-state index is 11.1. The van der Waals surface area contributed by atoms with Gasteiger partial charge in [-0.1, -0.05) is 18.2 Å². The van der Waals surface area contributed by atoms with Gasteiger partial charge in [-0.3, -0.25) is 15.0 Å². The van der Waals surface area contributed by atoms with E-state index >= 15 is 0 Å². The van der Waals surface area contributed by atoms with Crippen molar-refractivity contribution in [3.8, 4) is 0 Å². The van der Waals surface area contributed by atoms with Gasteiger partial charge in [0.05, 0.1) is 6.42 Å². The molecule has 0 radical (unpaired) electrons. The smallest absolute Gasteiger partial charge is 0.303 e. The summed E-state index contributed by atoms with van der Waals surface area (Å²) < 4.78 is 0. The number of rotatable bonds is 6. The van der Waals surface area contributed by atoms with Crippen LogP contribution in [0.4, 0.5) is 0 Å². The second-order valence-corrected chi connectivity index (χ2v) is 3.84. The molecule has 0 aliphatic carbocycles. The summed E-state index contributed by atoms with van der Waals surface area (Å²) >= 11 is 1.25. The van der Waals surface area contributed by atoms with Crippen LogP contribution in [-0.2, 0) is 9.59 Å². The number of carbonyl (C=O) groups is 2. The molecule has 0 atom stereocenters.